The number of hydrogen-bond donors (Lipinski definition) is 1. The van der Waals surface area contributed by atoms with Crippen molar-refractivity contribution in [3.63, 3.8) is 0 Å². The lowest BCUT2D eigenvalue weighted by Gasteiger charge is -2.24. The number of nitrogens with zero attached hydrogens (tertiary/aromatic N) is 1. The van der Waals surface area contributed by atoms with Gasteiger partial charge >= 0.3 is 0 Å². The lowest BCUT2D eigenvalue weighted by Crippen LogP contribution is -2.28. The van der Waals surface area contributed by atoms with E-state index in [1.807, 2.05) is 24.3 Å². The molecule has 0 aliphatic carbocycles. The number of hydrogen-bond acceptors (Lipinski definition) is 2. The molecule has 1 aromatic carbocycles. The van der Waals surface area contributed by atoms with Crippen molar-refractivity contribution in [3.8, 4) is 0 Å². The molecule has 0 saturated carbocycles. The number of benzene rings is 1. The van der Waals surface area contributed by atoms with Crippen LogP contribution in [0.15, 0.2) is 24.3 Å². The summed E-state index contributed by atoms with van der Waals surface area (Å²) in [6.07, 6.45) is 2.20. The molecule has 0 amide bonds. The molecule has 17 heavy (non-hydrogen) atoms. The van der Waals surface area contributed by atoms with Gasteiger partial charge < -0.3 is 10.0 Å². The molecule has 0 bridgehead atoms. The maximum absolute atomic E-state index is 10.3. The van der Waals surface area contributed by atoms with E-state index in [4.69, 9.17) is 11.6 Å². The van der Waals surface area contributed by atoms with E-state index in [2.05, 4.69) is 11.8 Å². The van der Waals surface area contributed by atoms with Crippen LogP contribution in [0.2, 0.25) is 5.02 Å². The highest BCUT2D eigenvalue weighted by Gasteiger charge is 2.21. The monoisotopic (exact) mass is 253 g/mol. The van der Waals surface area contributed by atoms with Gasteiger partial charge in [0.15, 0.2) is 0 Å². The summed E-state index contributed by atoms with van der Waals surface area (Å²) in [5.74, 6) is 0.259. The normalized spacial score (nSPS) is 20.4. The molecule has 1 aliphatic heterocycles. The highest BCUT2D eigenvalue weighted by molar-refractivity contribution is 6.30. The summed E-state index contributed by atoms with van der Waals surface area (Å²) < 4.78 is 0. The second-order valence-electron chi connectivity index (χ2n) is 4.98. The van der Waals surface area contributed by atoms with Gasteiger partial charge in [-0.15, -0.1) is 0 Å². The van der Waals surface area contributed by atoms with Gasteiger partial charge in [0, 0.05) is 11.6 Å². The zero-order chi connectivity index (χ0) is 12.3. The highest BCUT2D eigenvalue weighted by Crippen LogP contribution is 2.25. The first kappa shape index (κ1) is 12.9. The van der Waals surface area contributed by atoms with E-state index >= 15 is 0 Å². The van der Waals surface area contributed by atoms with Gasteiger partial charge in [0.05, 0.1) is 6.10 Å². The van der Waals surface area contributed by atoms with Crippen LogP contribution in [0.1, 0.15) is 31.4 Å². The van der Waals surface area contributed by atoms with E-state index < -0.39 is 6.10 Å². The molecule has 94 valence electrons. The van der Waals surface area contributed by atoms with Crippen molar-refractivity contribution in [1.29, 1.82) is 0 Å². The molecule has 0 radical (unpaired) electrons. The molecule has 1 N–H and O–H groups in total. The summed E-state index contributed by atoms with van der Waals surface area (Å²) in [5.41, 5.74) is 0.959. The van der Waals surface area contributed by atoms with Crippen LogP contribution in [0.5, 0.6) is 0 Å². The Balaban J connectivity index is 1.93. The fourth-order valence-corrected chi connectivity index (χ4v) is 2.59. The van der Waals surface area contributed by atoms with Crippen molar-refractivity contribution >= 4 is 11.6 Å². The van der Waals surface area contributed by atoms with Gasteiger partial charge in [-0.3, -0.25) is 0 Å². The molecule has 1 aliphatic rings. The zero-order valence-electron chi connectivity index (χ0n) is 10.3. The average molecular weight is 254 g/mol. The summed E-state index contributed by atoms with van der Waals surface area (Å²) in [4.78, 5) is 2.43. The topological polar surface area (TPSA) is 23.5 Å². The van der Waals surface area contributed by atoms with Crippen LogP contribution in [0, 0.1) is 5.92 Å². The predicted molar refractivity (Wildman–Crippen MR) is 71.2 cm³/mol. The molecule has 0 aromatic heterocycles. The fraction of sp³-hybridized carbons (Fsp3) is 0.571. The molecule has 1 heterocycles. The van der Waals surface area contributed by atoms with Crippen LogP contribution < -0.4 is 0 Å². The van der Waals surface area contributed by atoms with Crippen molar-refractivity contribution in [2.24, 2.45) is 5.92 Å². The van der Waals surface area contributed by atoms with Crippen LogP contribution in [0.3, 0.4) is 0 Å². The Bertz CT molecular complexity index is 346. The van der Waals surface area contributed by atoms with Gasteiger partial charge in [0.1, 0.15) is 0 Å². The number of rotatable bonds is 4. The Labute approximate surface area is 108 Å². The highest BCUT2D eigenvalue weighted by atomic mass is 35.5. The van der Waals surface area contributed by atoms with Crippen LogP contribution in [0.4, 0.5) is 0 Å². The number of halogens is 1. The van der Waals surface area contributed by atoms with Gasteiger partial charge in [0.25, 0.3) is 0 Å². The second-order valence-corrected chi connectivity index (χ2v) is 5.42. The van der Waals surface area contributed by atoms with E-state index in [1.54, 1.807) is 0 Å². The maximum Gasteiger partial charge on any atom is 0.0827 e. The first-order valence-electron chi connectivity index (χ1n) is 6.32. The van der Waals surface area contributed by atoms with Crippen molar-refractivity contribution in [3.05, 3.63) is 34.9 Å². The lowest BCUT2D eigenvalue weighted by molar-refractivity contribution is 0.0946. The third kappa shape index (κ3) is 3.44. The SMILES string of the molecule is C[C@H](CN1CCCC1)[C@H](O)c1ccc(Cl)cc1. The fourth-order valence-electron chi connectivity index (χ4n) is 2.46. The Hall–Kier alpha value is -0.570. The molecular weight excluding hydrogens is 234 g/mol. The molecule has 0 spiro atoms. The van der Waals surface area contributed by atoms with E-state index in [0.717, 1.165) is 12.1 Å². The smallest absolute Gasteiger partial charge is 0.0827 e. The van der Waals surface area contributed by atoms with Crippen LogP contribution in [-0.2, 0) is 0 Å². The van der Waals surface area contributed by atoms with Gasteiger partial charge in [-0.1, -0.05) is 30.7 Å². The van der Waals surface area contributed by atoms with Gasteiger partial charge in [0.2, 0.25) is 0 Å². The minimum Gasteiger partial charge on any atom is -0.388 e. The van der Waals surface area contributed by atoms with E-state index in [-0.39, 0.29) is 5.92 Å². The minimum absolute atomic E-state index is 0.259. The molecule has 2 atom stereocenters. The van der Waals surface area contributed by atoms with E-state index in [1.165, 1.54) is 25.9 Å². The van der Waals surface area contributed by atoms with Gasteiger partial charge in [-0.05, 0) is 49.5 Å². The standard InChI is InChI=1S/C14H20ClNO/c1-11(10-16-8-2-3-9-16)14(17)12-4-6-13(15)7-5-12/h4-7,11,14,17H,2-3,8-10H2,1H3/t11-,14+/m1/s1. The molecular formula is C14H20ClNO. The van der Waals surface area contributed by atoms with Crippen molar-refractivity contribution in [2.45, 2.75) is 25.9 Å². The molecule has 2 rings (SSSR count). The molecule has 3 heteroatoms. The summed E-state index contributed by atoms with van der Waals surface area (Å²) in [7, 11) is 0. The largest absolute Gasteiger partial charge is 0.388 e. The minimum atomic E-state index is -0.395. The molecule has 2 nitrogen and oxygen atoms in total. The number of likely N-dealkylation sites (tertiary alicyclic amines) is 1. The molecule has 1 aromatic rings. The predicted octanol–water partition coefficient (Wildman–Crippen LogP) is 3.11. The molecule has 0 unspecified atom stereocenters. The maximum atomic E-state index is 10.3. The first-order chi connectivity index (χ1) is 8.16. The lowest BCUT2D eigenvalue weighted by atomic mass is 9.97. The third-order valence-corrected chi connectivity index (χ3v) is 3.75. The van der Waals surface area contributed by atoms with Crippen molar-refractivity contribution in [2.75, 3.05) is 19.6 Å². The molecule has 1 fully saturated rings. The zero-order valence-corrected chi connectivity index (χ0v) is 11.0. The second kappa shape index (κ2) is 5.85. The average Bonchev–Trinajstić information content (AvgIpc) is 2.82. The quantitative estimate of drug-likeness (QED) is 0.891. The summed E-state index contributed by atoms with van der Waals surface area (Å²) in [6, 6.07) is 7.49. The molecule has 1 saturated heterocycles. The van der Waals surface area contributed by atoms with Crippen molar-refractivity contribution in [1.82, 2.24) is 4.90 Å². The van der Waals surface area contributed by atoms with E-state index in [9.17, 15) is 5.11 Å². The summed E-state index contributed by atoms with van der Waals surface area (Å²) >= 11 is 5.84. The summed E-state index contributed by atoms with van der Waals surface area (Å²) in [5, 5.41) is 11.0. The van der Waals surface area contributed by atoms with Crippen LogP contribution in [0.25, 0.3) is 0 Å². The Kier molecular flexibility index (Phi) is 4.43. The van der Waals surface area contributed by atoms with Crippen LogP contribution in [-0.4, -0.2) is 29.6 Å². The number of aliphatic hydroxyl groups is 1. The first-order valence-corrected chi connectivity index (χ1v) is 6.70. The van der Waals surface area contributed by atoms with Gasteiger partial charge in [-0.2, -0.15) is 0 Å². The number of aliphatic hydroxyl groups excluding tert-OH is 1. The third-order valence-electron chi connectivity index (χ3n) is 3.50. The van der Waals surface area contributed by atoms with Crippen molar-refractivity contribution < 1.29 is 5.11 Å². The summed E-state index contributed by atoms with van der Waals surface area (Å²) in [6.45, 7) is 5.44. The Morgan fingerprint density at radius 3 is 2.41 bits per heavy atom. The Morgan fingerprint density at radius 2 is 1.82 bits per heavy atom. The Morgan fingerprint density at radius 1 is 1.24 bits per heavy atom. The van der Waals surface area contributed by atoms with E-state index in [0.29, 0.717) is 5.02 Å². The van der Waals surface area contributed by atoms with Gasteiger partial charge in [-0.25, -0.2) is 0 Å². The van der Waals surface area contributed by atoms with Crippen LogP contribution >= 0.6 is 11.6 Å².